The number of hydrogen-bond acceptors (Lipinski definition) is 3. The monoisotopic (exact) mass is 160 g/mol. The fourth-order valence-electron chi connectivity index (χ4n) is 0.783. The molecule has 0 radical (unpaired) electrons. The quantitative estimate of drug-likeness (QED) is 0.528. The fourth-order valence-corrected chi connectivity index (χ4v) is 0.783. The lowest BCUT2D eigenvalue weighted by Crippen LogP contribution is -2.27. The average molecular weight is 160 g/mol. The summed E-state index contributed by atoms with van der Waals surface area (Å²) in [6, 6.07) is 0. The van der Waals surface area contributed by atoms with Crippen LogP contribution < -0.4 is 11.1 Å². The van der Waals surface area contributed by atoms with Crippen LogP contribution in [0.5, 0.6) is 0 Å². The van der Waals surface area contributed by atoms with Gasteiger partial charge in [-0.1, -0.05) is 0 Å². The minimum Gasteiger partial charge on any atom is -0.380 e. The number of methoxy groups -OCH3 is 1. The third kappa shape index (κ3) is 7.78. The number of ether oxygens (including phenoxy) is 1. The molecule has 1 unspecified atom stereocenters. The summed E-state index contributed by atoms with van der Waals surface area (Å²) >= 11 is 0. The third-order valence-electron chi connectivity index (χ3n) is 1.64. The Morgan fingerprint density at radius 2 is 2.18 bits per heavy atom. The van der Waals surface area contributed by atoms with Crippen molar-refractivity contribution in [2.75, 3.05) is 26.7 Å². The zero-order valence-electron chi connectivity index (χ0n) is 7.60. The maximum atomic E-state index is 5.34. The molecular formula is C8H20N2O. The van der Waals surface area contributed by atoms with Crippen molar-refractivity contribution in [1.29, 1.82) is 0 Å². The molecule has 0 bridgehead atoms. The van der Waals surface area contributed by atoms with E-state index in [9.17, 15) is 0 Å². The standard InChI is InChI=1S/C8H20N2O/c1-8(11-2)7-10-6-4-3-5-9/h8,10H,3-7,9H2,1-2H3. The van der Waals surface area contributed by atoms with Crippen LogP contribution in [0.3, 0.4) is 0 Å². The largest absolute Gasteiger partial charge is 0.380 e. The van der Waals surface area contributed by atoms with Crippen LogP contribution in [0.25, 0.3) is 0 Å². The van der Waals surface area contributed by atoms with Gasteiger partial charge < -0.3 is 15.8 Å². The summed E-state index contributed by atoms with van der Waals surface area (Å²) in [5, 5.41) is 3.29. The van der Waals surface area contributed by atoms with E-state index in [1.54, 1.807) is 7.11 Å². The van der Waals surface area contributed by atoms with Crippen LogP contribution in [0.4, 0.5) is 0 Å². The minimum atomic E-state index is 0.313. The lowest BCUT2D eigenvalue weighted by molar-refractivity contribution is 0.117. The molecule has 0 aromatic heterocycles. The molecule has 0 rings (SSSR count). The predicted molar refractivity (Wildman–Crippen MR) is 47.6 cm³/mol. The smallest absolute Gasteiger partial charge is 0.0667 e. The minimum absolute atomic E-state index is 0.313. The molecule has 0 aromatic carbocycles. The first-order valence-corrected chi connectivity index (χ1v) is 4.24. The summed E-state index contributed by atoms with van der Waals surface area (Å²) in [5.74, 6) is 0. The Morgan fingerprint density at radius 1 is 1.45 bits per heavy atom. The maximum absolute atomic E-state index is 5.34. The lowest BCUT2D eigenvalue weighted by Gasteiger charge is -2.09. The van der Waals surface area contributed by atoms with Gasteiger partial charge in [-0.05, 0) is 32.9 Å². The van der Waals surface area contributed by atoms with Crippen molar-refractivity contribution in [2.45, 2.75) is 25.9 Å². The number of unbranched alkanes of at least 4 members (excludes halogenated alkanes) is 1. The van der Waals surface area contributed by atoms with Gasteiger partial charge in [0.15, 0.2) is 0 Å². The number of nitrogens with one attached hydrogen (secondary N) is 1. The average Bonchev–Trinajstić information content (AvgIpc) is 2.04. The van der Waals surface area contributed by atoms with Crippen LogP contribution in [0, 0.1) is 0 Å². The van der Waals surface area contributed by atoms with E-state index >= 15 is 0 Å². The van der Waals surface area contributed by atoms with Crippen molar-refractivity contribution < 1.29 is 4.74 Å². The summed E-state index contributed by atoms with van der Waals surface area (Å²) in [5.41, 5.74) is 5.34. The van der Waals surface area contributed by atoms with Gasteiger partial charge in [0.1, 0.15) is 0 Å². The van der Waals surface area contributed by atoms with Crippen molar-refractivity contribution >= 4 is 0 Å². The molecule has 0 amide bonds. The van der Waals surface area contributed by atoms with Crippen molar-refractivity contribution in [3.8, 4) is 0 Å². The van der Waals surface area contributed by atoms with Crippen molar-refractivity contribution in [3.63, 3.8) is 0 Å². The van der Waals surface area contributed by atoms with Crippen LogP contribution in [0.1, 0.15) is 19.8 Å². The highest BCUT2D eigenvalue weighted by Crippen LogP contribution is 1.86. The molecule has 0 aliphatic carbocycles. The molecule has 1 atom stereocenters. The van der Waals surface area contributed by atoms with E-state index in [2.05, 4.69) is 12.2 Å². The topological polar surface area (TPSA) is 47.3 Å². The van der Waals surface area contributed by atoms with Crippen molar-refractivity contribution in [1.82, 2.24) is 5.32 Å². The summed E-state index contributed by atoms with van der Waals surface area (Å²) in [6.45, 7) is 4.82. The summed E-state index contributed by atoms with van der Waals surface area (Å²) in [6.07, 6.45) is 2.58. The van der Waals surface area contributed by atoms with Crippen LogP contribution in [-0.2, 0) is 4.74 Å². The first kappa shape index (κ1) is 10.9. The summed E-state index contributed by atoms with van der Waals surface area (Å²) in [4.78, 5) is 0. The molecule has 3 heteroatoms. The van der Waals surface area contributed by atoms with Gasteiger partial charge in [0.2, 0.25) is 0 Å². The second-order valence-corrected chi connectivity index (χ2v) is 2.75. The Balaban J connectivity index is 2.89. The van der Waals surface area contributed by atoms with Gasteiger partial charge in [-0.3, -0.25) is 0 Å². The van der Waals surface area contributed by atoms with Gasteiger partial charge in [-0.2, -0.15) is 0 Å². The number of hydrogen-bond donors (Lipinski definition) is 2. The van der Waals surface area contributed by atoms with E-state index in [4.69, 9.17) is 10.5 Å². The molecule has 3 nitrogen and oxygen atoms in total. The van der Waals surface area contributed by atoms with Gasteiger partial charge in [0.25, 0.3) is 0 Å². The highest BCUT2D eigenvalue weighted by molar-refractivity contribution is 4.54. The molecular weight excluding hydrogens is 140 g/mol. The van der Waals surface area contributed by atoms with Crippen LogP contribution in [0.15, 0.2) is 0 Å². The normalized spacial score (nSPS) is 13.4. The Morgan fingerprint density at radius 3 is 2.73 bits per heavy atom. The molecule has 0 aliphatic heterocycles. The number of nitrogens with two attached hydrogens (primary N) is 1. The van der Waals surface area contributed by atoms with Crippen molar-refractivity contribution in [3.05, 3.63) is 0 Å². The van der Waals surface area contributed by atoms with E-state index < -0.39 is 0 Å². The van der Waals surface area contributed by atoms with Crippen LogP contribution in [0.2, 0.25) is 0 Å². The Kier molecular flexibility index (Phi) is 7.89. The summed E-state index contributed by atoms with van der Waals surface area (Å²) in [7, 11) is 1.73. The van der Waals surface area contributed by atoms with E-state index in [-0.39, 0.29) is 0 Å². The lowest BCUT2D eigenvalue weighted by atomic mass is 10.3. The first-order valence-electron chi connectivity index (χ1n) is 4.24. The van der Waals surface area contributed by atoms with Gasteiger partial charge >= 0.3 is 0 Å². The van der Waals surface area contributed by atoms with Crippen LogP contribution >= 0.6 is 0 Å². The summed E-state index contributed by atoms with van der Waals surface area (Å²) < 4.78 is 5.07. The predicted octanol–water partition coefficient (Wildman–Crippen LogP) is 0.350. The van der Waals surface area contributed by atoms with E-state index in [0.717, 1.165) is 32.5 Å². The first-order chi connectivity index (χ1) is 5.31. The second kappa shape index (κ2) is 7.98. The molecule has 11 heavy (non-hydrogen) atoms. The molecule has 0 saturated carbocycles. The highest BCUT2D eigenvalue weighted by Gasteiger charge is 1.96. The molecule has 0 heterocycles. The molecule has 0 fully saturated rings. The SMILES string of the molecule is COC(C)CNCCCCN. The Hall–Kier alpha value is -0.120. The van der Waals surface area contributed by atoms with Gasteiger partial charge in [0, 0.05) is 13.7 Å². The Labute approximate surface area is 69.3 Å². The molecule has 0 aromatic rings. The van der Waals surface area contributed by atoms with E-state index in [0.29, 0.717) is 6.10 Å². The third-order valence-corrected chi connectivity index (χ3v) is 1.64. The Bertz CT molecular complexity index is 78.5. The van der Waals surface area contributed by atoms with E-state index in [1.165, 1.54) is 0 Å². The second-order valence-electron chi connectivity index (χ2n) is 2.75. The molecule has 0 saturated heterocycles. The molecule has 68 valence electrons. The molecule has 0 spiro atoms. The zero-order valence-corrected chi connectivity index (χ0v) is 7.60. The highest BCUT2D eigenvalue weighted by atomic mass is 16.5. The van der Waals surface area contributed by atoms with Crippen molar-refractivity contribution in [2.24, 2.45) is 5.73 Å². The molecule has 3 N–H and O–H groups in total. The molecule has 0 aliphatic rings. The van der Waals surface area contributed by atoms with Gasteiger partial charge in [-0.15, -0.1) is 0 Å². The number of rotatable bonds is 7. The van der Waals surface area contributed by atoms with Gasteiger partial charge in [0.05, 0.1) is 6.10 Å². The maximum Gasteiger partial charge on any atom is 0.0667 e. The van der Waals surface area contributed by atoms with E-state index in [1.807, 2.05) is 0 Å². The zero-order chi connectivity index (χ0) is 8.53. The fraction of sp³-hybridized carbons (Fsp3) is 1.00. The van der Waals surface area contributed by atoms with Gasteiger partial charge in [-0.25, -0.2) is 0 Å². The van der Waals surface area contributed by atoms with Crippen LogP contribution in [-0.4, -0.2) is 32.8 Å².